The molecule has 1 aromatic rings. The molecule has 102 valence electrons. The number of carbonyl (C=O) groups is 1. The van der Waals surface area contributed by atoms with Gasteiger partial charge in [0.25, 0.3) is 0 Å². The Morgan fingerprint density at radius 2 is 2.10 bits per heavy atom. The third kappa shape index (κ3) is 2.46. The largest absolute Gasteiger partial charge is 0.349 e. The van der Waals surface area contributed by atoms with E-state index in [9.17, 15) is 4.79 Å². The molecule has 0 radical (unpaired) electrons. The summed E-state index contributed by atoms with van der Waals surface area (Å²) in [6.07, 6.45) is 0. The van der Waals surface area contributed by atoms with Crippen molar-refractivity contribution in [3.05, 3.63) is 51.7 Å². The van der Waals surface area contributed by atoms with Crippen molar-refractivity contribution < 1.29 is 4.79 Å². The summed E-state index contributed by atoms with van der Waals surface area (Å²) in [5.74, 6) is 1.84. The van der Waals surface area contributed by atoms with Gasteiger partial charge in [-0.2, -0.15) is 0 Å². The molecule has 1 atom stereocenters. The van der Waals surface area contributed by atoms with Gasteiger partial charge in [-0.05, 0) is 31.3 Å². The minimum atomic E-state index is -0.438. The zero-order chi connectivity index (χ0) is 14.9. The molecule has 0 saturated heterocycles. The Hall–Kier alpha value is -1.74. The number of rotatable bonds is 2. The Kier molecular flexibility index (Phi) is 4.19. The van der Waals surface area contributed by atoms with Crippen LogP contribution in [-0.4, -0.2) is 16.6 Å². The first-order chi connectivity index (χ1) is 9.47. The Balaban J connectivity index is 2.75. The van der Waals surface area contributed by atoms with Crippen molar-refractivity contribution in [2.24, 2.45) is 0 Å². The van der Waals surface area contributed by atoms with Crippen molar-refractivity contribution in [1.82, 2.24) is 5.32 Å². The van der Waals surface area contributed by atoms with Gasteiger partial charge in [-0.25, -0.2) is 0 Å². The molecule has 0 aromatic heterocycles. The monoisotopic (exact) mass is 304 g/mol. The van der Waals surface area contributed by atoms with Crippen LogP contribution in [0.5, 0.6) is 0 Å². The molecule has 5 heteroatoms. The van der Waals surface area contributed by atoms with E-state index in [2.05, 4.69) is 11.2 Å². The van der Waals surface area contributed by atoms with Gasteiger partial charge in [-0.15, -0.1) is 0 Å². The van der Waals surface area contributed by atoms with E-state index in [4.69, 9.17) is 29.2 Å². The van der Waals surface area contributed by atoms with Crippen molar-refractivity contribution in [2.45, 2.75) is 19.8 Å². The van der Waals surface area contributed by atoms with Gasteiger partial charge in [0.1, 0.15) is 4.99 Å². The molecule has 2 N–H and O–H groups in total. The van der Waals surface area contributed by atoms with Gasteiger partial charge in [0.05, 0.1) is 11.5 Å². The fourth-order valence-corrected chi connectivity index (χ4v) is 2.98. The number of hydrogen-bond donors (Lipinski definition) is 2. The van der Waals surface area contributed by atoms with Crippen LogP contribution in [0.15, 0.2) is 41.1 Å². The van der Waals surface area contributed by atoms with Crippen LogP contribution in [0.4, 0.5) is 0 Å². The first-order valence-corrected chi connectivity index (χ1v) is 6.83. The summed E-state index contributed by atoms with van der Waals surface area (Å²) in [6.45, 7) is 3.30. The number of ketones is 1. The molecule has 0 aliphatic carbocycles. The maximum Gasteiger partial charge on any atom is 0.158 e. The third-order valence-electron chi connectivity index (χ3n) is 3.26. The summed E-state index contributed by atoms with van der Waals surface area (Å²) in [4.78, 5) is 12.4. The lowest BCUT2D eigenvalue weighted by molar-refractivity contribution is -0.113. The van der Waals surface area contributed by atoms with Crippen LogP contribution in [0.3, 0.4) is 0 Å². The summed E-state index contributed by atoms with van der Waals surface area (Å²) >= 11 is 11.5. The molecule has 0 saturated carbocycles. The first-order valence-electron chi connectivity index (χ1n) is 6.04. The lowest BCUT2D eigenvalue weighted by Crippen LogP contribution is -2.34. The summed E-state index contributed by atoms with van der Waals surface area (Å²) in [5, 5.41) is 11.0. The Morgan fingerprint density at radius 1 is 1.45 bits per heavy atom. The van der Waals surface area contributed by atoms with Crippen LogP contribution < -0.4 is 5.32 Å². The number of benzene rings is 1. The Bertz CT molecular complexity index is 687. The Morgan fingerprint density at radius 3 is 2.65 bits per heavy atom. The van der Waals surface area contributed by atoms with E-state index in [1.54, 1.807) is 13.0 Å². The number of hydrogen-bond acceptors (Lipinski definition) is 3. The molecular weight excluding hydrogens is 292 g/mol. The highest BCUT2D eigenvalue weighted by atomic mass is 35.5. The molecule has 1 unspecified atom stereocenters. The number of carbonyl (C=O) groups excluding carboxylic acids is 1. The zero-order valence-electron chi connectivity index (χ0n) is 11.1. The van der Waals surface area contributed by atoms with Crippen LogP contribution in [-0.2, 0) is 4.79 Å². The van der Waals surface area contributed by atoms with Crippen molar-refractivity contribution in [3.63, 3.8) is 0 Å². The molecule has 0 bridgehead atoms. The van der Waals surface area contributed by atoms with E-state index in [0.717, 1.165) is 5.56 Å². The van der Waals surface area contributed by atoms with Crippen LogP contribution in [0.1, 0.15) is 25.3 Å². The number of halogens is 1. The lowest BCUT2D eigenvalue weighted by atomic mass is 9.80. The van der Waals surface area contributed by atoms with Crippen LogP contribution >= 0.6 is 23.8 Å². The maximum atomic E-state index is 12.0. The minimum Gasteiger partial charge on any atom is -0.349 e. The highest BCUT2D eigenvalue weighted by Gasteiger charge is 2.34. The van der Waals surface area contributed by atoms with E-state index >= 15 is 0 Å². The smallest absolute Gasteiger partial charge is 0.158 e. The summed E-state index contributed by atoms with van der Waals surface area (Å²) in [5.41, 5.74) is 2.49. The van der Waals surface area contributed by atoms with E-state index in [0.29, 0.717) is 26.9 Å². The number of nitrogens with one attached hydrogen (secondary N) is 2. The molecule has 0 fully saturated rings. The molecule has 0 amide bonds. The summed E-state index contributed by atoms with van der Waals surface area (Å²) < 4.78 is 0. The molecule has 1 heterocycles. The zero-order valence-corrected chi connectivity index (χ0v) is 12.7. The van der Waals surface area contributed by atoms with Crippen LogP contribution in [0, 0.1) is 5.41 Å². The van der Waals surface area contributed by atoms with Crippen LogP contribution in [0.25, 0.3) is 0 Å². The average molecular weight is 305 g/mol. The van der Waals surface area contributed by atoms with Crippen molar-refractivity contribution in [3.8, 4) is 0 Å². The van der Waals surface area contributed by atoms with Gasteiger partial charge < -0.3 is 5.32 Å². The molecule has 2 rings (SSSR count). The second-order valence-electron chi connectivity index (χ2n) is 4.54. The Labute approximate surface area is 127 Å². The fraction of sp³-hybridized carbons (Fsp3) is 0.200. The molecule has 20 heavy (non-hydrogen) atoms. The number of allylic oxidation sites excluding steroid dienone is 2. The van der Waals surface area contributed by atoms with Gasteiger partial charge in [-0.1, -0.05) is 42.0 Å². The normalized spacial score (nSPS) is 18.6. The third-order valence-corrected chi connectivity index (χ3v) is 3.92. The van der Waals surface area contributed by atoms with Crippen molar-refractivity contribution in [1.29, 1.82) is 5.41 Å². The van der Waals surface area contributed by atoms with Crippen LogP contribution in [0.2, 0.25) is 5.02 Å². The second kappa shape index (κ2) is 5.71. The highest BCUT2D eigenvalue weighted by Crippen LogP contribution is 2.39. The van der Waals surface area contributed by atoms with E-state index in [-0.39, 0.29) is 5.78 Å². The predicted molar refractivity (Wildman–Crippen MR) is 84.5 cm³/mol. The lowest BCUT2D eigenvalue weighted by Gasteiger charge is -2.29. The summed E-state index contributed by atoms with van der Waals surface area (Å²) in [7, 11) is 0. The standard InChI is InChI=1S/C15H13ClN2OS/c1-8-13(9(2)19)14(11(7-17)15(20)18-8)10-5-3-4-6-12(10)16/h3-6,14,17H,1-2H3,(H,18,20). The van der Waals surface area contributed by atoms with Gasteiger partial charge >= 0.3 is 0 Å². The van der Waals surface area contributed by atoms with Crippen molar-refractivity contribution in [2.75, 3.05) is 0 Å². The van der Waals surface area contributed by atoms with E-state index in [1.807, 2.05) is 18.2 Å². The minimum absolute atomic E-state index is 0.0739. The van der Waals surface area contributed by atoms with E-state index in [1.165, 1.54) is 6.92 Å². The molecule has 3 nitrogen and oxygen atoms in total. The average Bonchev–Trinajstić information content (AvgIpc) is 2.38. The van der Waals surface area contributed by atoms with Gasteiger partial charge in [-0.3, -0.25) is 10.2 Å². The van der Waals surface area contributed by atoms with E-state index < -0.39 is 5.92 Å². The van der Waals surface area contributed by atoms with Gasteiger partial charge in [0.15, 0.2) is 5.78 Å². The van der Waals surface area contributed by atoms with Gasteiger partial charge in [0.2, 0.25) is 0 Å². The molecule has 1 aliphatic heterocycles. The second-order valence-corrected chi connectivity index (χ2v) is 5.36. The summed E-state index contributed by atoms with van der Waals surface area (Å²) in [6, 6.07) is 7.27. The van der Waals surface area contributed by atoms with Gasteiger partial charge in [0, 0.05) is 16.3 Å². The predicted octanol–water partition coefficient (Wildman–Crippen LogP) is 3.39. The molecule has 0 spiro atoms. The molecule has 1 aliphatic rings. The number of Topliss-reactive ketones (excluding diaryl/α,β-unsaturated/α-hetero) is 1. The SMILES string of the molecule is CC(=O)C1=C(C)NC(=S)C(=C=N)C1c1ccccc1Cl. The molecule has 1 aromatic carbocycles. The maximum absolute atomic E-state index is 12.0. The first kappa shape index (κ1) is 14.7. The molecular formula is C15H13ClN2OS. The fourth-order valence-electron chi connectivity index (χ4n) is 2.41. The number of thiocarbonyl (C=S) groups is 1. The highest BCUT2D eigenvalue weighted by molar-refractivity contribution is 7.80. The van der Waals surface area contributed by atoms with Crippen molar-refractivity contribution >= 4 is 40.5 Å². The quantitative estimate of drug-likeness (QED) is 0.500. The topological polar surface area (TPSA) is 53.0 Å².